The van der Waals surface area contributed by atoms with Crippen LogP contribution < -0.4 is 0 Å². The van der Waals surface area contributed by atoms with Gasteiger partial charge in [-0.15, -0.1) is 0 Å². The molecule has 1 heterocycles. The van der Waals surface area contributed by atoms with Crippen molar-refractivity contribution in [2.45, 2.75) is 25.8 Å². The van der Waals surface area contributed by atoms with Crippen molar-refractivity contribution in [2.75, 3.05) is 13.1 Å². The molecule has 0 atom stereocenters. The summed E-state index contributed by atoms with van der Waals surface area (Å²) in [6.45, 7) is 3.30. The molecule has 0 saturated carbocycles. The summed E-state index contributed by atoms with van der Waals surface area (Å²) >= 11 is 0. The zero-order chi connectivity index (χ0) is 16.6. The second kappa shape index (κ2) is 6.16. The predicted octanol–water partition coefficient (Wildman–Crippen LogP) is 5.37. The zero-order valence-corrected chi connectivity index (χ0v) is 14.5. The van der Waals surface area contributed by atoms with Crippen LogP contribution in [0.15, 0.2) is 66.7 Å². The first-order valence-corrected chi connectivity index (χ1v) is 9.39. The lowest BCUT2D eigenvalue weighted by Gasteiger charge is -2.23. The highest BCUT2D eigenvalue weighted by atomic mass is 15.1. The highest BCUT2D eigenvalue weighted by Crippen LogP contribution is 2.37. The summed E-state index contributed by atoms with van der Waals surface area (Å²) in [5.74, 6) is 0. The summed E-state index contributed by atoms with van der Waals surface area (Å²) in [4.78, 5) is 2.51. The highest BCUT2D eigenvalue weighted by molar-refractivity contribution is 6.01. The minimum atomic E-state index is 1.05. The molecule has 5 rings (SSSR count). The average molecular weight is 325 g/mol. The van der Waals surface area contributed by atoms with Gasteiger partial charge in [-0.25, -0.2) is 0 Å². The van der Waals surface area contributed by atoms with Crippen LogP contribution in [0.4, 0.5) is 0 Å². The highest BCUT2D eigenvalue weighted by Gasteiger charge is 2.16. The second-order valence-electron chi connectivity index (χ2n) is 7.30. The molecule has 1 aliphatic carbocycles. The summed E-state index contributed by atoms with van der Waals surface area (Å²) in [6.07, 6.45) is 8.14. The van der Waals surface area contributed by atoms with Crippen molar-refractivity contribution in [3.05, 3.63) is 83.4 Å². The number of nitrogens with zero attached hydrogens (tertiary/aromatic N) is 1. The Morgan fingerprint density at radius 1 is 0.800 bits per heavy atom. The third-order valence-electron chi connectivity index (χ3n) is 5.69. The van der Waals surface area contributed by atoms with Gasteiger partial charge >= 0.3 is 0 Å². The van der Waals surface area contributed by atoms with E-state index in [1.165, 1.54) is 64.4 Å². The van der Waals surface area contributed by atoms with Gasteiger partial charge in [-0.05, 0) is 57.9 Å². The van der Waals surface area contributed by atoms with Gasteiger partial charge in [-0.1, -0.05) is 66.7 Å². The van der Waals surface area contributed by atoms with Gasteiger partial charge in [0.05, 0.1) is 0 Å². The predicted molar refractivity (Wildman–Crippen MR) is 106 cm³/mol. The van der Waals surface area contributed by atoms with Gasteiger partial charge in [0.1, 0.15) is 0 Å². The van der Waals surface area contributed by atoms with E-state index in [-0.39, 0.29) is 0 Å². The van der Waals surface area contributed by atoms with Gasteiger partial charge < -0.3 is 0 Å². The molecule has 2 aliphatic rings. The minimum absolute atomic E-state index is 1.05. The summed E-state index contributed by atoms with van der Waals surface area (Å²) < 4.78 is 0. The van der Waals surface area contributed by atoms with E-state index in [4.69, 9.17) is 0 Å². The van der Waals surface area contributed by atoms with Crippen molar-refractivity contribution in [2.24, 2.45) is 0 Å². The molecule has 1 heteroatoms. The molecule has 0 N–H and O–H groups in total. The molecule has 0 aromatic heterocycles. The van der Waals surface area contributed by atoms with E-state index in [1.54, 1.807) is 0 Å². The Labute approximate surface area is 149 Å². The van der Waals surface area contributed by atoms with Gasteiger partial charge in [-0.3, -0.25) is 4.90 Å². The lowest BCUT2D eigenvalue weighted by Crippen LogP contribution is -2.26. The van der Waals surface area contributed by atoms with E-state index in [2.05, 4.69) is 71.6 Å². The van der Waals surface area contributed by atoms with E-state index in [0.29, 0.717) is 0 Å². The van der Waals surface area contributed by atoms with Gasteiger partial charge in [0.25, 0.3) is 0 Å². The molecule has 3 aromatic rings. The maximum Gasteiger partial charge on any atom is 0.0237 e. The van der Waals surface area contributed by atoms with Crippen LogP contribution in [0.3, 0.4) is 0 Å². The second-order valence-corrected chi connectivity index (χ2v) is 7.30. The molecular formula is C24H23N. The molecule has 124 valence electrons. The molecule has 1 nitrogen and oxygen atoms in total. The Kier molecular flexibility index (Phi) is 3.68. The number of hydrogen-bond donors (Lipinski definition) is 0. The van der Waals surface area contributed by atoms with Crippen LogP contribution >= 0.6 is 0 Å². The fourth-order valence-electron chi connectivity index (χ4n) is 4.38. The molecule has 0 bridgehead atoms. The fourth-order valence-corrected chi connectivity index (χ4v) is 4.38. The van der Waals surface area contributed by atoms with Crippen molar-refractivity contribution in [3.63, 3.8) is 0 Å². The topological polar surface area (TPSA) is 3.24 Å². The number of rotatable bonds is 3. The van der Waals surface area contributed by atoms with Gasteiger partial charge in [0, 0.05) is 19.6 Å². The molecular weight excluding hydrogens is 302 g/mol. The Balaban J connectivity index is 1.48. The lowest BCUT2D eigenvalue weighted by atomic mass is 9.95. The first-order chi connectivity index (χ1) is 12.4. The number of benzene rings is 3. The Hall–Kier alpha value is -2.38. The van der Waals surface area contributed by atoms with E-state index in [1.807, 2.05) is 0 Å². The van der Waals surface area contributed by atoms with E-state index in [0.717, 1.165) is 13.1 Å². The summed E-state index contributed by atoms with van der Waals surface area (Å²) in [6, 6.07) is 20.7. The third-order valence-corrected chi connectivity index (χ3v) is 5.69. The van der Waals surface area contributed by atoms with Crippen molar-refractivity contribution < 1.29 is 0 Å². The quantitative estimate of drug-likeness (QED) is 0.585. The molecule has 0 fully saturated rings. The van der Waals surface area contributed by atoms with Crippen LogP contribution in [-0.2, 0) is 19.4 Å². The van der Waals surface area contributed by atoms with Crippen molar-refractivity contribution >= 4 is 10.8 Å². The average Bonchev–Trinajstić information content (AvgIpc) is 3.09. The van der Waals surface area contributed by atoms with Crippen LogP contribution in [0.5, 0.6) is 0 Å². The molecule has 3 aromatic carbocycles. The zero-order valence-electron chi connectivity index (χ0n) is 14.5. The number of hydrogen-bond acceptors (Lipinski definition) is 1. The standard InChI is InChI=1S/C24H23N/c1-2-15-25(16-3-1)17-18-7-9-19(10-8-18)22-14-13-21-12-11-20-5-4-6-23(22)24(20)21/h1-2,4-10,13-14H,3,11-12,15-17H2. The van der Waals surface area contributed by atoms with E-state index >= 15 is 0 Å². The van der Waals surface area contributed by atoms with Crippen LogP contribution in [0.2, 0.25) is 0 Å². The number of aryl methyl sites for hydroxylation is 2. The van der Waals surface area contributed by atoms with E-state index in [9.17, 15) is 0 Å². The normalized spacial score (nSPS) is 16.6. The summed E-state index contributed by atoms with van der Waals surface area (Å²) in [5.41, 5.74) is 7.14. The maximum absolute atomic E-state index is 2.51. The summed E-state index contributed by atoms with van der Waals surface area (Å²) in [5, 5.41) is 2.92. The SMILES string of the molecule is C1=CCN(Cc2ccc(-c3ccc4c5c(cccc35)CC4)cc2)CC1. The fraction of sp³-hybridized carbons (Fsp3) is 0.250. The largest absolute Gasteiger partial charge is 0.295 e. The van der Waals surface area contributed by atoms with Crippen molar-refractivity contribution in [3.8, 4) is 11.1 Å². The van der Waals surface area contributed by atoms with Gasteiger partial charge in [0.2, 0.25) is 0 Å². The molecule has 0 amide bonds. The van der Waals surface area contributed by atoms with E-state index < -0.39 is 0 Å². The Morgan fingerprint density at radius 2 is 1.64 bits per heavy atom. The molecule has 25 heavy (non-hydrogen) atoms. The monoisotopic (exact) mass is 325 g/mol. The van der Waals surface area contributed by atoms with Gasteiger partial charge in [-0.2, -0.15) is 0 Å². The Bertz CT molecular complexity index is 939. The lowest BCUT2D eigenvalue weighted by molar-refractivity contribution is 0.291. The first kappa shape index (κ1) is 14.9. The van der Waals surface area contributed by atoms with Crippen molar-refractivity contribution in [1.29, 1.82) is 0 Å². The molecule has 0 spiro atoms. The summed E-state index contributed by atoms with van der Waals surface area (Å²) in [7, 11) is 0. The smallest absolute Gasteiger partial charge is 0.0237 e. The van der Waals surface area contributed by atoms with Crippen LogP contribution in [0.25, 0.3) is 21.9 Å². The van der Waals surface area contributed by atoms with Crippen LogP contribution in [0, 0.1) is 0 Å². The van der Waals surface area contributed by atoms with Crippen LogP contribution in [-0.4, -0.2) is 18.0 Å². The molecule has 0 unspecified atom stereocenters. The molecule has 0 radical (unpaired) electrons. The van der Waals surface area contributed by atoms with Gasteiger partial charge in [0.15, 0.2) is 0 Å². The molecule has 0 saturated heterocycles. The third kappa shape index (κ3) is 2.69. The first-order valence-electron chi connectivity index (χ1n) is 9.39. The van der Waals surface area contributed by atoms with Crippen LogP contribution in [0.1, 0.15) is 23.1 Å². The Morgan fingerprint density at radius 3 is 2.44 bits per heavy atom. The minimum Gasteiger partial charge on any atom is -0.295 e. The maximum atomic E-state index is 2.51. The van der Waals surface area contributed by atoms with Crippen molar-refractivity contribution in [1.82, 2.24) is 4.90 Å². The molecule has 1 aliphatic heterocycles.